The van der Waals surface area contributed by atoms with Gasteiger partial charge < -0.3 is 14.7 Å². The number of rotatable bonds is 2. The molecule has 0 spiro atoms. The van der Waals surface area contributed by atoms with Gasteiger partial charge in [-0.2, -0.15) is 0 Å². The van der Waals surface area contributed by atoms with Crippen LogP contribution >= 0.6 is 15.9 Å². The van der Waals surface area contributed by atoms with Crippen LogP contribution in [0.15, 0.2) is 46.9 Å². The number of fused-ring (bicyclic) bond motifs is 1. The highest BCUT2D eigenvalue weighted by Gasteiger charge is 2.28. The minimum absolute atomic E-state index is 0.0751. The van der Waals surface area contributed by atoms with Crippen LogP contribution in [-0.2, 0) is 0 Å². The van der Waals surface area contributed by atoms with Crippen molar-refractivity contribution < 1.29 is 14.6 Å². The van der Waals surface area contributed by atoms with Gasteiger partial charge in [0.15, 0.2) is 0 Å². The number of nitrogens with zero attached hydrogens (tertiary/aromatic N) is 1. The zero-order valence-electron chi connectivity index (χ0n) is 12.1. The normalized spacial score (nSPS) is 17.0. The smallest absolute Gasteiger partial charge is 0.258 e. The topological polar surface area (TPSA) is 49.8 Å². The van der Waals surface area contributed by atoms with Gasteiger partial charge in [0.1, 0.15) is 5.75 Å². The van der Waals surface area contributed by atoms with Crippen LogP contribution in [0.25, 0.3) is 0 Å². The summed E-state index contributed by atoms with van der Waals surface area (Å²) in [4.78, 5) is 14.5. The first kappa shape index (κ1) is 15.1. The van der Waals surface area contributed by atoms with Gasteiger partial charge in [0.2, 0.25) is 0 Å². The average molecular weight is 362 g/mol. The molecule has 1 heterocycles. The van der Waals surface area contributed by atoms with Crippen LogP contribution in [0.4, 0.5) is 5.69 Å². The van der Waals surface area contributed by atoms with E-state index in [1.807, 2.05) is 18.2 Å². The molecule has 1 amide bonds. The SMILES string of the molecule is COc1ccc2c(c1)N(C(=O)c1ccc(Br)cc1)CCC2O. The first-order valence-corrected chi connectivity index (χ1v) is 7.83. The molecule has 0 saturated heterocycles. The number of anilines is 1. The molecule has 0 saturated carbocycles. The number of aliphatic hydroxyl groups excluding tert-OH is 1. The minimum atomic E-state index is -0.546. The van der Waals surface area contributed by atoms with Gasteiger partial charge in [-0.25, -0.2) is 0 Å². The van der Waals surface area contributed by atoms with Gasteiger partial charge in [0.25, 0.3) is 5.91 Å². The van der Waals surface area contributed by atoms with Crippen LogP contribution in [0.3, 0.4) is 0 Å². The van der Waals surface area contributed by atoms with Crippen molar-refractivity contribution in [2.45, 2.75) is 12.5 Å². The summed E-state index contributed by atoms with van der Waals surface area (Å²) in [5, 5.41) is 10.1. The lowest BCUT2D eigenvalue weighted by Gasteiger charge is -2.32. The molecular formula is C17H16BrNO3. The number of benzene rings is 2. The lowest BCUT2D eigenvalue weighted by molar-refractivity contribution is 0.0970. The Balaban J connectivity index is 2.00. The molecule has 1 N–H and O–H groups in total. The van der Waals surface area contributed by atoms with E-state index in [-0.39, 0.29) is 5.91 Å². The molecule has 0 bridgehead atoms. The van der Waals surface area contributed by atoms with Crippen molar-refractivity contribution in [3.05, 3.63) is 58.1 Å². The first-order chi connectivity index (χ1) is 10.6. The van der Waals surface area contributed by atoms with E-state index in [2.05, 4.69) is 15.9 Å². The predicted molar refractivity (Wildman–Crippen MR) is 88.4 cm³/mol. The fourth-order valence-electron chi connectivity index (χ4n) is 2.65. The van der Waals surface area contributed by atoms with Crippen LogP contribution in [0.1, 0.15) is 28.4 Å². The third-order valence-corrected chi connectivity index (χ3v) is 4.38. The second-order valence-electron chi connectivity index (χ2n) is 5.19. The average Bonchev–Trinajstić information content (AvgIpc) is 2.55. The predicted octanol–water partition coefficient (Wildman–Crippen LogP) is 3.54. The molecule has 1 unspecified atom stereocenters. The number of amides is 1. The maximum atomic E-state index is 12.8. The molecule has 0 aliphatic carbocycles. The number of carbonyl (C=O) groups excluding carboxylic acids is 1. The number of halogens is 1. The summed E-state index contributed by atoms with van der Waals surface area (Å²) in [5.41, 5.74) is 2.09. The molecule has 5 heteroatoms. The fraction of sp³-hybridized carbons (Fsp3) is 0.235. The Hall–Kier alpha value is -1.85. The third-order valence-electron chi connectivity index (χ3n) is 3.85. The van der Waals surface area contributed by atoms with Crippen molar-refractivity contribution in [2.75, 3.05) is 18.6 Å². The van der Waals surface area contributed by atoms with Gasteiger partial charge in [-0.15, -0.1) is 0 Å². The molecule has 2 aromatic carbocycles. The fourth-order valence-corrected chi connectivity index (χ4v) is 2.92. The molecule has 0 aromatic heterocycles. The van der Waals surface area contributed by atoms with Crippen LogP contribution < -0.4 is 9.64 Å². The molecule has 1 aliphatic rings. The summed E-state index contributed by atoms with van der Waals surface area (Å²) in [6, 6.07) is 12.7. The van der Waals surface area contributed by atoms with Crippen LogP contribution in [-0.4, -0.2) is 24.7 Å². The molecule has 1 aliphatic heterocycles. The lowest BCUT2D eigenvalue weighted by Crippen LogP contribution is -2.36. The number of ether oxygens (including phenoxy) is 1. The Morgan fingerprint density at radius 3 is 2.68 bits per heavy atom. The highest BCUT2D eigenvalue weighted by atomic mass is 79.9. The van der Waals surface area contributed by atoms with E-state index in [0.717, 1.165) is 10.0 Å². The number of methoxy groups -OCH3 is 1. The summed E-state index contributed by atoms with van der Waals surface area (Å²) >= 11 is 3.37. The number of aliphatic hydroxyl groups is 1. The zero-order chi connectivity index (χ0) is 15.7. The van der Waals surface area contributed by atoms with Crippen LogP contribution in [0, 0.1) is 0 Å². The largest absolute Gasteiger partial charge is 0.497 e. The van der Waals surface area contributed by atoms with E-state index >= 15 is 0 Å². The summed E-state index contributed by atoms with van der Waals surface area (Å²) in [7, 11) is 1.59. The van der Waals surface area contributed by atoms with E-state index in [0.29, 0.717) is 30.0 Å². The number of hydrogen-bond donors (Lipinski definition) is 1. The zero-order valence-corrected chi connectivity index (χ0v) is 13.7. The van der Waals surface area contributed by atoms with Gasteiger partial charge in [-0.3, -0.25) is 4.79 Å². The maximum absolute atomic E-state index is 12.8. The third kappa shape index (κ3) is 2.74. The summed E-state index contributed by atoms with van der Waals surface area (Å²) in [6.07, 6.45) is -0.0171. The standard InChI is InChI=1S/C17H16BrNO3/c1-22-13-6-7-14-15(10-13)19(9-8-16(14)20)17(21)11-2-4-12(18)5-3-11/h2-7,10,16,20H,8-9H2,1H3. The molecular weight excluding hydrogens is 346 g/mol. The first-order valence-electron chi connectivity index (χ1n) is 7.03. The van der Waals surface area contributed by atoms with Crippen LogP contribution in [0.5, 0.6) is 5.75 Å². The van der Waals surface area contributed by atoms with Crippen molar-refractivity contribution in [1.82, 2.24) is 0 Å². The molecule has 4 nitrogen and oxygen atoms in total. The Labute approximate surface area is 137 Å². The van der Waals surface area contributed by atoms with E-state index in [9.17, 15) is 9.90 Å². The Morgan fingerprint density at radius 2 is 2.00 bits per heavy atom. The number of hydrogen-bond acceptors (Lipinski definition) is 3. The molecule has 22 heavy (non-hydrogen) atoms. The van der Waals surface area contributed by atoms with Gasteiger partial charge in [0.05, 0.1) is 18.9 Å². The molecule has 0 fully saturated rings. The van der Waals surface area contributed by atoms with Gasteiger partial charge in [-0.05, 0) is 36.8 Å². The second-order valence-corrected chi connectivity index (χ2v) is 6.11. The summed E-state index contributed by atoms with van der Waals surface area (Å²) in [6.45, 7) is 0.482. The van der Waals surface area contributed by atoms with Crippen molar-refractivity contribution in [1.29, 1.82) is 0 Å². The van der Waals surface area contributed by atoms with Crippen molar-refractivity contribution >= 4 is 27.5 Å². The van der Waals surface area contributed by atoms with E-state index in [4.69, 9.17) is 4.74 Å². The van der Waals surface area contributed by atoms with Crippen molar-refractivity contribution in [2.24, 2.45) is 0 Å². The van der Waals surface area contributed by atoms with E-state index in [1.54, 1.807) is 36.3 Å². The summed E-state index contributed by atoms with van der Waals surface area (Å²) < 4.78 is 6.17. The Morgan fingerprint density at radius 1 is 1.27 bits per heavy atom. The highest BCUT2D eigenvalue weighted by molar-refractivity contribution is 9.10. The van der Waals surface area contributed by atoms with Crippen molar-refractivity contribution in [3.63, 3.8) is 0 Å². The van der Waals surface area contributed by atoms with E-state index in [1.165, 1.54) is 0 Å². The van der Waals surface area contributed by atoms with Gasteiger partial charge >= 0.3 is 0 Å². The second kappa shape index (κ2) is 6.10. The molecule has 2 aromatic rings. The Bertz CT molecular complexity index is 700. The lowest BCUT2D eigenvalue weighted by atomic mass is 9.97. The minimum Gasteiger partial charge on any atom is -0.497 e. The highest BCUT2D eigenvalue weighted by Crippen LogP contribution is 2.37. The van der Waals surface area contributed by atoms with Gasteiger partial charge in [-0.1, -0.05) is 22.0 Å². The molecule has 1 atom stereocenters. The maximum Gasteiger partial charge on any atom is 0.258 e. The molecule has 114 valence electrons. The Kier molecular flexibility index (Phi) is 4.18. The monoisotopic (exact) mass is 361 g/mol. The van der Waals surface area contributed by atoms with Gasteiger partial charge in [0, 0.05) is 28.2 Å². The quantitative estimate of drug-likeness (QED) is 0.889. The summed E-state index contributed by atoms with van der Waals surface area (Å²) in [5.74, 6) is 0.593. The number of carbonyl (C=O) groups is 1. The van der Waals surface area contributed by atoms with Crippen molar-refractivity contribution in [3.8, 4) is 5.75 Å². The molecule has 0 radical (unpaired) electrons. The molecule has 3 rings (SSSR count). The van der Waals surface area contributed by atoms with E-state index < -0.39 is 6.10 Å². The van der Waals surface area contributed by atoms with Crippen LogP contribution in [0.2, 0.25) is 0 Å².